The molecule has 100 valence electrons. The minimum Gasteiger partial charge on any atom is -0.495 e. The molecule has 2 rings (SSSR count). The van der Waals surface area contributed by atoms with Gasteiger partial charge in [0.15, 0.2) is 0 Å². The number of ether oxygens (including phenoxy) is 1. The molecule has 0 radical (unpaired) electrons. The molecule has 0 saturated carbocycles. The van der Waals surface area contributed by atoms with Gasteiger partial charge in [-0.1, -0.05) is 41.4 Å². The second-order valence-electron chi connectivity index (χ2n) is 3.89. The number of halogens is 4. The zero-order valence-corrected chi connectivity index (χ0v) is 12.2. The highest BCUT2D eigenvalue weighted by atomic mass is 35.5. The number of hydrogen-bond acceptors (Lipinski definition) is 1. The third-order valence-electron chi connectivity index (χ3n) is 2.72. The molecule has 19 heavy (non-hydrogen) atoms. The molecule has 0 heterocycles. The lowest BCUT2D eigenvalue weighted by Crippen LogP contribution is -1.98. The SMILES string of the molecule is COc1cc(Cl)c(C(Cl)c2ccccc2F)cc1Cl. The summed E-state index contributed by atoms with van der Waals surface area (Å²) in [6.45, 7) is 0. The molecular weight excluding hydrogens is 310 g/mol. The van der Waals surface area contributed by atoms with Crippen LogP contribution in [0.4, 0.5) is 4.39 Å². The van der Waals surface area contributed by atoms with Crippen molar-refractivity contribution in [1.29, 1.82) is 0 Å². The molecule has 2 aromatic carbocycles. The normalized spacial score (nSPS) is 12.3. The number of methoxy groups -OCH3 is 1. The lowest BCUT2D eigenvalue weighted by Gasteiger charge is -2.15. The van der Waals surface area contributed by atoms with Gasteiger partial charge >= 0.3 is 0 Å². The maximum absolute atomic E-state index is 13.7. The van der Waals surface area contributed by atoms with Crippen LogP contribution in [-0.2, 0) is 0 Å². The van der Waals surface area contributed by atoms with Gasteiger partial charge in [-0.2, -0.15) is 0 Å². The number of hydrogen-bond donors (Lipinski definition) is 0. The van der Waals surface area contributed by atoms with Crippen molar-refractivity contribution in [2.75, 3.05) is 7.11 Å². The molecule has 1 atom stereocenters. The van der Waals surface area contributed by atoms with E-state index < -0.39 is 5.38 Å². The molecule has 5 heteroatoms. The van der Waals surface area contributed by atoms with Crippen LogP contribution in [0.5, 0.6) is 5.75 Å². The Balaban J connectivity index is 2.48. The molecule has 0 fully saturated rings. The first kappa shape index (κ1) is 14.4. The molecule has 1 nitrogen and oxygen atoms in total. The summed E-state index contributed by atoms with van der Waals surface area (Å²) in [5.74, 6) is 0.0679. The van der Waals surface area contributed by atoms with Crippen molar-refractivity contribution in [1.82, 2.24) is 0 Å². The molecule has 0 aliphatic heterocycles. The fraction of sp³-hybridized carbons (Fsp3) is 0.143. The molecule has 0 aliphatic carbocycles. The second kappa shape index (κ2) is 6.00. The Morgan fingerprint density at radius 1 is 1.05 bits per heavy atom. The van der Waals surface area contributed by atoms with Crippen molar-refractivity contribution in [3.63, 3.8) is 0 Å². The van der Waals surface area contributed by atoms with E-state index in [9.17, 15) is 4.39 Å². The van der Waals surface area contributed by atoms with E-state index in [1.54, 1.807) is 30.3 Å². The van der Waals surface area contributed by atoms with E-state index >= 15 is 0 Å². The topological polar surface area (TPSA) is 9.23 Å². The van der Waals surface area contributed by atoms with Gasteiger partial charge in [0.1, 0.15) is 11.6 Å². The molecule has 0 bridgehead atoms. The van der Waals surface area contributed by atoms with Crippen LogP contribution in [0.3, 0.4) is 0 Å². The first-order valence-electron chi connectivity index (χ1n) is 5.46. The molecule has 0 saturated heterocycles. The van der Waals surface area contributed by atoms with Crippen molar-refractivity contribution < 1.29 is 9.13 Å². The zero-order valence-electron chi connectivity index (χ0n) is 9.96. The molecule has 0 N–H and O–H groups in total. The Kier molecular flexibility index (Phi) is 4.56. The summed E-state index contributed by atoms with van der Waals surface area (Å²) < 4.78 is 18.8. The molecule has 0 amide bonds. The fourth-order valence-corrected chi connectivity index (χ4v) is 2.67. The van der Waals surface area contributed by atoms with Gasteiger partial charge in [0.2, 0.25) is 0 Å². The average Bonchev–Trinajstić information content (AvgIpc) is 2.40. The van der Waals surface area contributed by atoms with Crippen molar-refractivity contribution in [3.8, 4) is 5.75 Å². The Labute approximate surface area is 125 Å². The fourth-order valence-electron chi connectivity index (χ4n) is 1.74. The van der Waals surface area contributed by atoms with E-state index in [1.807, 2.05) is 0 Å². The summed E-state index contributed by atoms with van der Waals surface area (Å²) in [5.41, 5.74) is 0.895. The first-order chi connectivity index (χ1) is 9.04. The molecule has 2 aromatic rings. The zero-order chi connectivity index (χ0) is 14.0. The van der Waals surface area contributed by atoms with Gasteiger partial charge in [0.05, 0.1) is 17.5 Å². The van der Waals surface area contributed by atoms with Gasteiger partial charge in [-0.15, -0.1) is 11.6 Å². The Hall–Kier alpha value is -0.960. The van der Waals surface area contributed by atoms with Crippen LogP contribution in [-0.4, -0.2) is 7.11 Å². The van der Waals surface area contributed by atoms with Crippen LogP contribution in [0.1, 0.15) is 16.5 Å². The summed E-state index contributed by atoms with van der Waals surface area (Å²) in [6.07, 6.45) is 0. The van der Waals surface area contributed by atoms with Gasteiger partial charge in [-0.25, -0.2) is 4.39 Å². The molecule has 1 unspecified atom stereocenters. The summed E-state index contributed by atoms with van der Waals surface area (Å²) in [7, 11) is 1.49. The first-order valence-corrected chi connectivity index (χ1v) is 6.65. The quantitative estimate of drug-likeness (QED) is 0.682. The Morgan fingerprint density at radius 2 is 1.74 bits per heavy atom. The van der Waals surface area contributed by atoms with E-state index in [1.165, 1.54) is 13.2 Å². The maximum Gasteiger partial charge on any atom is 0.138 e. The van der Waals surface area contributed by atoms with Crippen LogP contribution in [0.2, 0.25) is 10.0 Å². The minimum absolute atomic E-state index is 0.354. The van der Waals surface area contributed by atoms with Crippen LogP contribution in [0.15, 0.2) is 36.4 Å². The number of alkyl halides is 1. The maximum atomic E-state index is 13.7. The van der Waals surface area contributed by atoms with Gasteiger partial charge in [-0.3, -0.25) is 0 Å². The molecule has 0 spiro atoms. The molecule has 0 aliphatic rings. The van der Waals surface area contributed by atoms with Crippen molar-refractivity contribution >= 4 is 34.8 Å². The summed E-state index contributed by atoms with van der Waals surface area (Å²) in [6, 6.07) is 9.44. The monoisotopic (exact) mass is 318 g/mol. The largest absolute Gasteiger partial charge is 0.495 e. The minimum atomic E-state index is -0.711. The van der Waals surface area contributed by atoms with E-state index in [4.69, 9.17) is 39.5 Å². The van der Waals surface area contributed by atoms with Gasteiger partial charge in [0, 0.05) is 16.7 Å². The second-order valence-corrected chi connectivity index (χ2v) is 5.14. The van der Waals surface area contributed by atoms with E-state index in [0.717, 1.165) is 0 Å². The number of benzene rings is 2. The predicted octanol–water partition coefficient (Wildman–Crippen LogP) is 5.47. The smallest absolute Gasteiger partial charge is 0.138 e. The molecule has 0 aromatic heterocycles. The number of rotatable bonds is 3. The van der Waals surface area contributed by atoms with Crippen molar-refractivity contribution in [2.24, 2.45) is 0 Å². The summed E-state index contributed by atoms with van der Waals surface area (Å²) in [5, 5.41) is 0.0468. The van der Waals surface area contributed by atoms with Crippen LogP contribution < -0.4 is 4.74 Å². The highest BCUT2D eigenvalue weighted by Crippen LogP contribution is 2.39. The highest BCUT2D eigenvalue weighted by molar-refractivity contribution is 6.36. The van der Waals surface area contributed by atoms with Crippen molar-refractivity contribution in [2.45, 2.75) is 5.38 Å². The molecular formula is C14H10Cl3FO. The third-order valence-corrected chi connectivity index (χ3v) is 3.82. The van der Waals surface area contributed by atoms with E-state index in [2.05, 4.69) is 0 Å². The lowest BCUT2D eigenvalue weighted by atomic mass is 10.0. The lowest BCUT2D eigenvalue weighted by molar-refractivity contribution is 0.415. The van der Waals surface area contributed by atoms with Gasteiger partial charge in [-0.05, 0) is 17.7 Å². The van der Waals surface area contributed by atoms with Crippen LogP contribution in [0.25, 0.3) is 0 Å². The van der Waals surface area contributed by atoms with Gasteiger partial charge in [0.25, 0.3) is 0 Å². The van der Waals surface area contributed by atoms with Crippen molar-refractivity contribution in [3.05, 3.63) is 63.4 Å². The summed E-state index contributed by atoms with van der Waals surface area (Å²) in [4.78, 5) is 0. The van der Waals surface area contributed by atoms with E-state index in [-0.39, 0.29) is 5.82 Å². The standard InChI is InChI=1S/C14H10Cl3FO/c1-19-13-7-10(15)9(6-11(13)16)14(17)8-4-2-3-5-12(8)18/h2-7,14H,1H3. The van der Waals surface area contributed by atoms with E-state index in [0.29, 0.717) is 26.9 Å². The third kappa shape index (κ3) is 2.97. The van der Waals surface area contributed by atoms with Crippen LogP contribution >= 0.6 is 34.8 Å². The van der Waals surface area contributed by atoms with Crippen LogP contribution in [0, 0.1) is 5.82 Å². The Morgan fingerprint density at radius 3 is 2.37 bits per heavy atom. The predicted molar refractivity (Wildman–Crippen MR) is 77.1 cm³/mol. The highest BCUT2D eigenvalue weighted by Gasteiger charge is 2.19. The summed E-state index contributed by atoms with van der Waals surface area (Å²) >= 11 is 18.5. The Bertz CT molecular complexity index is 601. The average molecular weight is 320 g/mol. The van der Waals surface area contributed by atoms with Gasteiger partial charge < -0.3 is 4.74 Å².